The molecule has 10 heteroatoms. The lowest BCUT2D eigenvalue weighted by molar-refractivity contribution is -0.652. The Kier molecular flexibility index (Phi) is 8.03. The summed E-state index contributed by atoms with van der Waals surface area (Å²) in [5, 5.41) is 9.11. The number of fused-ring (bicyclic) bond motifs is 1. The molecule has 4 aromatic rings. The number of nitrogens with zero attached hydrogens (tertiary/aromatic N) is 2. The molecule has 3 aromatic carbocycles. The quantitative estimate of drug-likeness (QED) is 0.320. The van der Waals surface area contributed by atoms with Crippen LogP contribution in [-0.4, -0.2) is 30.0 Å². The highest BCUT2D eigenvalue weighted by atomic mass is 32.2. The second-order valence-electron chi connectivity index (χ2n) is 7.79. The summed E-state index contributed by atoms with van der Waals surface area (Å²) < 4.78 is 38.6. The summed E-state index contributed by atoms with van der Waals surface area (Å²) in [6.45, 7) is 3.30. The van der Waals surface area contributed by atoms with Crippen LogP contribution >= 0.6 is 0 Å². The Morgan fingerprint density at radius 3 is 2.22 bits per heavy atom. The van der Waals surface area contributed by atoms with E-state index in [-0.39, 0.29) is 16.4 Å². The molecule has 1 amide bonds. The Balaban J connectivity index is 0.000000275. The maximum Gasteiger partial charge on any atom is 0.375 e. The lowest BCUT2D eigenvalue weighted by Gasteiger charge is -2.15. The zero-order valence-electron chi connectivity index (χ0n) is 19.8. The van der Waals surface area contributed by atoms with Gasteiger partial charge in [-0.05, 0) is 43.3 Å². The van der Waals surface area contributed by atoms with Gasteiger partial charge in [0, 0.05) is 24.9 Å². The summed E-state index contributed by atoms with van der Waals surface area (Å²) in [6, 6.07) is 19.7. The Morgan fingerprint density at radius 2 is 1.67 bits per heavy atom. The fourth-order valence-electron chi connectivity index (χ4n) is 3.25. The van der Waals surface area contributed by atoms with Crippen LogP contribution in [0.25, 0.3) is 17.2 Å². The van der Waals surface area contributed by atoms with Crippen LogP contribution in [0.15, 0.2) is 88.3 Å². The van der Waals surface area contributed by atoms with Crippen molar-refractivity contribution in [2.75, 3.05) is 4.90 Å². The van der Waals surface area contributed by atoms with Crippen LogP contribution in [-0.2, 0) is 22.0 Å². The van der Waals surface area contributed by atoms with Crippen molar-refractivity contribution in [2.45, 2.75) is 18.7 Å². The van der Waals surface area contributed by atoms with Crippen molar-refractivity contribution >= 4 is 44.9 Å². The highest BCUT2D eigenvalue weighted by Crippen LogP contribution is 2.18. The van der Waals surface area contributed by atoms with Gasteiger partial charge >= 0.3 is 11.9 Å². The van der Waals surface area contributed by atoms with Gasteiger partial charge in [0.05, 0.1) is 16.5 Å². The standard InChI is InChI=1S/C19H16N2O4.C7H8O3S/c1-13(22)21(15-6-4-3-5-7-15)11-10-18-20(2)16-12-14(19(23)24)8-9-17(16)25-18;1-6-2-4-7(5-3-6)11(8,9)10/h3-12H,1-2H3;2-5H,1H3,(H,8,9,10). The maximum absolute atomic E-state index is 11.9. The minimum absolute atomic E-state index is 0.130. The first-order valence-electron chi connectivity index (χ1n) is 10.7. The Bertz CT molecular complexity index is 1520. The molecule has 0 unspecified atom stereocenters. The average Bonchev–Trinajstić information content (AvgIpc) is 3.14. The number of oxazole rings is 1. The van der Waals surface area contributed by atoms with Crippen LogP contribution in [0.1, 0.15) is 28.7 Å². The maximum atomic E-state index is 11.9. The van der Waals surface area contributed by atoms with Gasteiger partial charge in [0.15, 0.2) is 0 Å². The third kappa shape index (κ3) is 6.44. The first-order chi connectivity index (χ1) is 17.0. The minimum atomic E-state index is -4.27. The van der Waals surface area contributed by atoms with Crippen LogP contribution in [0, 0.1) is 6.92 Å². The van der Waals surface area contributed by atoms with Gasteiger partial charge < -0.3 is 14.1 Å². The zero-order valence-corrected chi connectivity index (χ0v) is 20.6. The molecule has 186 valence electrons. The van der Waals surface area contributed by atoms with Gasteiger partial charge in [-0.2, -0.15) is 4.57 Å². The summed E-state index contributed by atoms with van der Waals surface area (Å²) in [4.78, 5) is 24.4. The fraction of sp³-hybridized carbons (Fsp3) is 0.115. The molecule has 9 nitrogen and oxygen atoms in total. The van der Waals surface area contributed by atoms with Crippen LogP contribution in [0.4, 0.5) is 5.69 Å². The number of carboxylic acids is 1. The van der Waals surface area contributed by atoms with E-state index >= 15 is 0 Å². The van der Waals surface area contributed by atoms with E-state index in [9.17, 15) is 22.6 Å². The first kappa shape index (κ1) is 26.3. The lowest BCUT2D eigenvalue weighted by Crippen LogP contribution is -2.30. The molecule has 1 aromatic heterocycles. The van der Waals surface area contributed by atoms with Crippen molar-refractivity contribution < 1.29 is 36.7 Å². The summed E-state index contributed by atoms with van der Waals surface area (Å²) in [5.41, 5.74) is 3.10. The molecular weight excluding hydrogens is 484 g/mol. The monoisotopic (exact) mass is 508 g/mol. The molecule has 1 heterocycles. The number of hydrogen-bond donors (Lipinski definition) is 1. The largest absolute Gasteiger partial charge is 0.744 e. The van der Waals surface area contributed by atoms with E-state index in [1.54, 1.807) is 48.2 Å². The van der Waals surface area contributed by atoms with E-state index in [2.05, 4.69) is 0 Å². The molecule has 0 aliphatic carbocycles. The number of aromatic nitrogens is 1. The Morgan fingerprint density at radius 1 is 1.03 bits per heavy atom. The molecule has 0 bridgehead atoms. The highest BCUT2D eigenvalue weighted by Gasteiger charge is 2.19. The topological polar surface area (TPSA) is 132 Å². The molecule has 0 radical (unpaired) electrons. The molecule has 0 aliphatic heterocycles. The van der Waals surface area contributed by atoms with E-state index in [0.717, 1.165) is 11.3 Å². The molecule has 0 spiro atoms. The van der Waals surface area contributed by atoms with Gasteiger partial charge in [-0.25, -0.2) is 13.2 Å². The van der Waals surface area contributed by atoms with E-state index in [1.807, 2.05) is 37.3 Å². The summed E-state index contributed by atoms with van der Waals surface area (Å²) in [5.74, 6) is -0.624. The fourth-order valence-corrected chi connectivity index (χ4v) is 3.72. The van der Waals surface area contributed by atoms with Gasteiger partial charge in [0.1, 0.15) is 17.2 Å². The van der Waals surface area contributed by atoms with E-state index in [4.69, 9.17) is 9.52 Å². The number of para-hydroxylation sites is 1. The smallest absolute Gasteiger partial charge is 0.375 e. The summed E-state index contributed by atoms with van der Waals surface area (Å²) in [6.07, 6.45) is 3.31. The van der Waals surface area contributed by atoms with Crippen molar-refractivity contribution in [2.24, 2.45) is 7.05 Å². The zero-order chi connectivity index (χ0) is 26.5. The molecule has 0 fully saturated rings. The highest BCUT2D eigenvalue weighted by molar-refractivity contribution is 7.85. The summed E-state index contributed by atoms with van der Waals surface area (Å²) >= 11 is 0. The number of carbonyl (C=O) groups is 2. The van der Waals surface area contributed by atoms with Gasteiger partial charge in [0.2, 0.25) is 11.5 Å². The van der Waals surface area contributed by atoms with Crippen LogP contribution < -0.4 is 9.47 Å². The van der Waals surface area contributed by atoms with Crippen LogP contribution in [0.2, 0.25) is 0 Å². The molecule has 0 saturated carbocycles. The second-order valence-corrected chi connectivity index (χ2v) is 9.17. The lowest BCUT2D eigenvalue weighted by atomic mass is 10.2. The Labute approximate surface area is 208 Å². The number of aryl methyl sites for hydroxylation is 2. The number of anilines is 1. The first-order valence-corrected chi connectivity index (χ1v) is 12.1. The number of aromatic carboxylic acids is 1. The van der Waals surface area contributed by atoms with Crippen molar-refractivity contribution in [3.8, 4) is 0 Å². The summed E-state index contributed by atoms with van der Waals surface area (Å²) in [7, 11) is -2.49. The van der Waals surface area contributed by atoms with Crippen molar-refractivity contribution in [1.29, 1.82) is 0 Å². The molecule has 0 saturated heterocycles. The number of carbonyl (C=O) groups excluding carboxylic acids is 1. The third-order valence-corrected chi connectivity index (χ3v) is 6.01. The number of carboxylic acid groups (broad SMARTS) is 1. The van der Waals surface area contributed by atoms with E-state index in [1.165, 1.54) is 30.0 Å². The average molecular weight is 509 g/mol. The van der Waals surface area contributed by atoms with Gasteiger partial charge in [0.25, 0.3) is 5.52 Å². The Hall–Kier alpha value is -4.28. The predicted molar refractivity (Wildman–Crippen MR) is 132 cm³/mol. The van der Waals surface area contributed by atoms with Crippen molar-refractivity contribution in [3.05, 3.63) is 96.0 Å². The molecule has 36 heavy (non-hydrogen) atoms. The van der Waals surface area contributed by atoms with E-state index < -0.39 is 16.1 Å². The SMILES string of the molecule is CC(=O)N(C=Cc1oc2ccc(C(=O)O)cc2[n+]1C)c1ccccc1.Cc1ccc(S(=O)(=O)[O-])cc1. The molecular formula is C26H24N2O7S. The van der Waals surface area contributed by atoms with Gasteiger partial charge in [-0.3, -0.25) is 9.69 Å². The van der Waals surface area contributed by atoms with Crippen LogP contribution in [0.5, 0.6) is 0 Å². The van der Waals surface area contributed by atoms with E-state index in [0.29, 0.717) is 17.0 Å². The number of rotatable bonds is 5. The second kappa shape index (κ2) is 11.0. The van der Waals surface area contributed by atoms with Gasteiger partial charge in [-0.15, -0.1) is 0 Å². The predicted octanol–water partition coefficient (Wildman–Crippen LogP) is 3.88. The molecule has 0 atom stereocenters. The molecule has 0 aliphatic rings. The number of benzene rings is 3. The molecule has 1 N–H and O–H groups in total. The third-order valence-electron chi connectivity index (χ3n) is 5.16. The van der Waals surface area contributed by atoms with Crippen molar-refractivity contribution in [3.63, 3.8) is 0 Å². The molecule has 4 rings (SSSR count). The minimum Gasteiger partial charge on any atom is -0.744 e. The van der Waals surface area contributed by atoms with Crippen LogP contribution in [0.3, 0.4) is 0 Å². The normalized spacial score (nSPS) is 11.2. The number of amides is 1. The van der Waals surface area contributed by atoms with Gasteiger partial charge in [-0.1, -0.05) is 35.9 Å². The van der Waals surface area contributed by atoms with Crippen molar-refractivity contribution in [1.82, 2.24) is 0 Å². The number of hydrogen-bond acceptors (Lipinski definition) is 6.